The van der Waals surface area contributed by atoms with Gasteiger partial charge >= 0.3 is 0 Å². The lowest BCUT2D eigenvalue weighted by Gasteiger charge is -2.22. The molecular formula is C17H23N3. The molecule has 1 unspecified atom stereocenters. The molecule has 2 heterocycles. The Hall–Kier alpha value is -1.74. The van der Waals surface area contributed by atoms with Crippen LogP contribution in [-0.2, 0) is 0 Å². The van der Waals surface area contributed by atoms with Gasteiger partial charge in [0.1, 0.15) is 0 Å². The molecule has 1 N–H and O–H groups in total. The first-order valence-corrected chi connectivity index (χ1v) is 7.21. The topological polar surface area (TPSA) is 37.8 Å². The molecule has 2 aromatic rings. The number of aryl methyl sites for hydroxylation is 3. The molecule has 1 atom stereocenters. The zero-order valence-electron chi connectivity index (χ0n) is 12.8. The Morgan fingerprint density at radius 3 is 2.55 bits per heavy atom. The van der Waals surface area contributed by atoms with E-state index < -0.39 is 0 Å². The normalized spacial score (nSPS) is 12.4. The van der Waals surface area contributed by atoms with E-state index in [2.05, 4.69) is 54.3 Å². The summed E-state index contributed by atoms with van der Waals surface area (Å²) < 4.78 is 0. The number of nitrogens with zero attached hydrogens (tertiary/aromatic N) is 2. The van der Waals surface area contributed by atoms with E-state index in [1.54, 1.807) is 0 Å². The number of hydrogen-bond donors (Lipinski definition) is 1. The first kappa shape index (κ1) is 14.7. The lowest BCUT2D eigenvalue weighted by molar-refractivity contribution is 0.590. The summed E-state index contributed by atoms with van der Waals surface area (Å²) in [6, 6.07) is 6.48. The number of nitrogens with one attached hydrogen (secondary N) is 1. The second-order valence-electron chi connectivity index (χ2n) is 5.25. The first-order chi connectivity index (χ1) is 9.63. The van der Waals surface area contributed by atoms with Gasteiger partial charge in [0.05, 0.1) is 6.04 Å². The summed E-state index contributed by atoms with van der Waals surface area (Å²) in [5, 5.41) is 3.62. The zero-order chi connectivity index (χ0) is 14.5. The SMILES string of the molecule is CCCNC(c1cnccc1C)c1ccc(C)nc1C. The maximum Gasteiger partial charge on any atom is 0.0612 e. The molecule has 0 saturated carbocycles. The van der Waals surface area contributed by atoms with E-state index in [1.807, 2.05) is 19.3 Å². The predicted octanol–water partition coefficient (Wildman–Crippen LogP) is 3.49. The van der Waals surface area contributed by atoms with Gasteiger partial charge in [-0.15, -0.1) is 0 Å². The highest BCUT2D eigenvalue weighted by molar-refractivity contribution is 5.37. The highest BCUT2D eigenvalue weighted by Gasteiger charge is 2.18. The molecular weight excluding hydrogens is 246 g/mol. The van der Waals surface area contributed by atoms with Gasteiger partial charge in [0, 0.05) is 23.8 Å². The largest absolute Gasteiger partial charge is 0.306 e. The van der Waals surface area contributed by atoms with Crippen LogP contribution in [0.25, 0.3) is 0 Å². The molecule has 3 heteroatoms. The summed E-state index contributed by atoms with van der Waals surface area (Å²) in [7, 11) is 0. The molecule has 0 amide bonds. The van der Waals surface area contributed by atoms with Crippen molar-refractivity contribution in [2.45, 2.75) is 40.2 Å². The third kappa shape index (κ3) is 3.23. The molecule has 0 aliphatic rings. The Kier molecular flexibility index (Phi) is 4.85. The van der Waals surface area contributed by atoms with Crippen molar-refractivity contribution in [2.24, 2.45) is 0 Å². The van der Waals surface area contributed by atoms with E-state index >= 15 is 0 Å². The molecule has 2 aromatic heterocycles. The van der Waals surface area contributed by atoms with E-state index in [4.69, 9.17) is 0 Å². The molecule has 0 fully saturated rings. The third-order valence-corrected chi connectivity index (χ3v) is 3.57. The fourth-order valence-electron chi connectivity index (χ4n) is 2.46. The fraction of sp³-hybridized carbons (Fsp3) is 0.412. The second-order valence-corrected chi connectivity index (χ2v) is 5.25. The second kappa shape index (κ2) is 6.62. The van der Waals surface area contributed by atoms with Gasteiger partial charge in [0.15, 0.2) is 0 Å². The third-order valence-electron chi connectivity index (χ3n) is 3.57. The minimum atomic E-state index is 0.164. The van der Waals surface area contributed by atoms with Crippen LogP contribution in [0.2, 0.25) is 0 Å². The van der Waals surface area contributed by atoms with Crippen molar-refractivity contribution >= 4 is 0 Å². The van der Waals surface area contributed by atoms with Crippen molar-refractivity contribution in [1.29, 1.82) is 0 Å². The van der Waals surface area contributed by atoms with Crippen LogP contribution in [0.4, 0.5) is 0 Å². The Labute approximate surface area is 121 Å². The molecule has 0 radical (unpaired) electrons. The molecule has 0 aliphatic heterocycles. The van der Waals surface area contributed by atoms with Crippen LogP contribution in [-0.4, -0.2) is 16.5 Å². The number of hydrogen-bond acceptors (Lipinski definition) is 3. The molecule has 20 heavy (non-hydrogen) atoms. The van der Waals surface area contributed by atoms with E-state index in [-0.39, 0.29) is 6.04 Å². The maximum absolute atomic E-state index is 4.60. The molecule has 2 rings (SSSR count). The van der Waals surface area contributed by atoms with Crippen molar-refractivity contribution in [1.82, 2.24) is 15.3 Å². The highest BCUT2D eigenvalue weighted by atomic mass is 14.9. The highest BCUT2D eigenvalue weighted by Crippen LogP contribution is 2.26. The Bertz CT molecular complexity index is 578. The van der Waals surface area contributed by atoms with Crippen molar-refractivity contribution in [3.8, 4) is 0 Å². The molecule has 0 bridgehead atoms. The smallest absolute Gasteiger partial charge is 0.0612 e. The molecule has 0 spiro atoms. The molecule has 0 aromatic carbocycles. The zero-order valence-corrected chi connectivity index (χ0v) is 12.8. The first-order valence-electron chi connectivity index (χ1n) is 7.21. The van der Waals surface area contributed by atoms with E-state index in [0.717, 1.165) is 24.4 Å². The minimum absolute atomic E-state index is 0.164. The summed E-state index contributed by atoms with van der Waals surface area (Å²) in [5.41, 5.74) is 5.87. The van der Waals surface area contributed by atoms with E-state index in [0.29, 0.717) is 0 Å². The van der Waals surface area contributed by atoms with Gasteiger partial charge in [0.25, 0.3) is 0 Å². The summed E-state index contributed by atoms with van der Waals surface area (Å²) in [5.74, 6) is 0. The quantitative estimate of drug-likeness (QED) is 0.903. The van der Waals surface area contributed by atoms with Crippen LogP contribution in [0.5, 0.6) is 0 Å². The average Bonchev–Trinajstić information content (AvgIpc) is 2.42. The molecule has 106 valence electrons. The van der Waals surface area contributed by atoms with Crippen LogP contribution in [0.1, 0.15) is 47.5 Å². The lowest BCUT2D eigenvalue weighted by atomic mass is 9.95. The molecule has 0 aliphatic carbocycles. The summed E-state index contributed by atoms with van der Waals surface area (Å²) >= 11 is 0. The van der Waals surface area contributed by atoms with Gasteiger partial charge in [-0.2, -0.15) is 0 Å². The molecule has 0 saturated heterocycles. The molecule has 3 nitrogen and oxygen atoms in total. The van der Waals surface area contributed by atoms with Gasteiger partial charge in [-0.05, 0) is 62.6 Å². The van der Waals surface area contributed by atoms with Crippen LogP contribution < -0.4 is 5.32 Å². The van der Waals surface area contributed by atoms with Gasteiger partial charge < -0.3 is 5.32 Å². The Morgan fingerprint density at radius 2 is 1.90 bits per heavy atom. The van der Waals surface area contributed by atoms with Crippen molar-refractivity contribution in [3.63, 3.8) is 0 Å². The number of aromatic nitrogens is 2. The van der Waals surface area contributed by atoms with Gasteiger partial charge in [-0.25, -0.2) is 0 Å². The van der Waals surface area contributed by atoms with Gasteiger partial charge in [-0.1, -0.05) is 13.0 Å². The van der Waals surface area contributed by atoms with Crippen LogP contribution in [0, 0.1) is 20.8 Å². The van der Waals surface area contributed by atoms with E-state index in [1.165, 1.54) is 16.7 Å². The summed E-state index contributed by atoms with van der Waals surface area (Å²) in [4.78, 5) is 8.88. The lowest BCUT2D eigenvalue weighted by Crippen LogP contribution is -2.25. The Balaban J connectivity index is 2.44. The number of pyridine rings is 2. The Morgan fingerprint density at radius 1 is 1.10 bits per heavy atom. The average molecular weight is 269 g/mol. The minimum Gasteiger partial charge on any atom is -0.306 e. The monoisotopic (exact) mass is 269 g/mol. The fourth-order valence-corrected chi connectivity index (χ4v) is 2.46. The van der Waals surface area contributed by atoms with Crippen LogP contribution in [0.3, 0.4) is 0 Å². The van der Waals surface area contributed by atoms with Crippen molar-refractivity contribution in [2.75, 3.05) is 6.54 Å². The summed E-state index contributed by atoms with van der Waals surface area (Å²) in [6.45, 7) is 9.40. The van der Waals surface area contributed by atoms with Crippen LogP contribution >= 0.6 is 0 Å². The number of rotatable bonds is 5. The summed E-state index contributed by atoms with van der Waals surface area (Å²) in [6.07, 6.45) is 4.91. The van der Waals surface area contributed by atoms with E-state index in [9.17, 15) is 0 Å². The van der Waals surface area contributed by atoms with Crippen molar-refractivity contribution < 1.29 is 0 Å². The van der Waals surface area contributed by atoms with Gasteiger partial charge in [0.2, 0.25) is 0 Å². The standard InChI is InChI=1S/C17H23N3/c1-5-9-19-17(16-11-18-10-8-12(16)2)15-7-6-13(3)20-14(15)4/h6-8,10-11,17,19H,5,9H2,1-4H3. The van der Waals surface area contributed by atoms with Crippen molar-refractivity contribution in [3.05, 3.63) is 58.7 Å². The van der Waals surface area contributed by atoms with Gasteiger partial charge in [-0.3, -0.25) is 9.97 Å². The predicted molar refractivity (Wildman–Crippen MR) is 82.8 cm³/mol. The van der Waals surface area contributed by atoms with Crippen LogP contribution in [0.15, 0.2) is 30.6 Å². The maximum atomic E-state index is 4.60.